The van der Waals surface area contributed by atoms with Crippen molar-refractivity contribution in [2.24, 2.45) is 0 Å². The molecule has 0 aliphatic carbocycles. The van der Waals surface area contributed by atoms with Crippen LogP contribution in [0.5, 0.6) is 0 Å². The molecule has 1 nitrogen and oxygen atoms in total. The van der Waals surface area contributed by atoms with E-state index in [0.717, 1.165) is 19.0 Å². The van der Waals surface area contributed by atoms with Gasteiger partial charge in [0.25, 0.3) is 0 Å². The van der Waals surface area contributed by atoms with Crippen LogP contribution < -0.4 is 0 Å². The second-order valence-electron chi connectivity index (χ2n) is 1.67. The Balaban J connectivity index is 2.51. The van der Waals surface area contributed by atoms with Crippen molar-refractivity contribution in [3.8, 4) is 0 Å². The molecule has 1 unspecified atom stereocenters. The van der Waals surface area contributed by atoms with Crippen molar-refractivity contribution in [1.82, 2.24) is 0 Å². The Morgan fingerprint density at radius 2 is 2.43 bits per heavy atom. The summed E-state index contributed by atoms with van der Waals surface area (Å²) in [5.41, 5.74) is 0. The fourth-order valence-corrected chi connectivity index (χ4v) is 1.66. The lowest BCUT2D eigenvalue weighted by Crippen LogP contribution is -1.79. The van der Waals surface area contributed by atoms with E-state index in [4.69, 9.17) is 0 Å². The molecule has 1 atom stereocenters. The van der Waals surface area contributed by atoms with E-state index in [2.05, 4.69) is 0 Å². The van der Waals surface area contributed by atoms with Gasteiger partial charge in [-0.1, -0.05) is 4.57 Å². The van der Waals surface area contributed by atoms with Crippen LogP contribution in [0.2, 0.25) is 0 Å². The maximum absolute atomic E-state index is 10.5. The van der Waals surface area contributed by atoms with Gasteiger partial charge in [0.15, 0.2) is 12.0 Å². The lowest BCUT2D eigenvalue weighted by Gasteiger charge is -1.87. The summed E-state index contributed by atoms with van der Waals surface area (Å²) in [6.45, 7) is 0. The minimum atomic E-state index is -0.922. The number of hydrogen-bond donors (Lipinski definition) is 0. The zero-order chi connectivity index (χ0) is 5.11. The van der Waals surface area contributed by atoms with Crippen LogP contribution in [0.1, 0.15) is 12.8 Å². The van der Waals surface area contributed by atoms with Gasteiger partial charge in [0.2, 0.25) is 0 Å². The van der Waals surface area contributed by atoms with Crippen LogP contribution in [0, 0.1) is 0 Å². The summed E-state index contributed by atoms with van der Waals surface area (Å²) in [6.07, 6.45) is 5.15. The molecule has 1 rings (SSSR count). The molecule has 0 saturated carbocycles. The molecule has 0 bridgehead atoms. The monoisotopic (exact) mass is 115 g/mol. The highest BCUT2D eigenvalue weighted by Gasteiger charge is 2.11. The highest BCUT2D eigenvalue weighted by atomic mass is 31.1. The van der Waals surface area contributed by atoms with Gasteiger partial charge in [-0.3, -0.25) is 0 Å². The predicted octanol–water partition coefficient (Wildman–Crippen LogP) is 2.12. The van der Waals surface area contributed by atoms with Gasteiger partial charge in [-0.15, -0.1) is 0 Å². The normalized spacial score (nSPS) is 25.4. The van der Waals surface area contributed by atoms with Gasteiger partial charge in [-0.2, -0.15) is 0 Å². The zero-order valence-corrected chi connectivity index (χ0v) is 5.03. The van der Waals surface area contributed by atoms with Crippen molar-refractivity contribution in [3.63, 3.8) is 0 Å². The Morgan fingerprint density at radius 3 is 2.71 bits per heavy atom. The first-order chi connectivity index (χ1) is 3.39. The molecule has 38 valence electrons. The molecule has 0 aromatic heterocycles. The average Bonchev–Trinajstić information content (AvgIpc) is 1.69. The first kappa shape index (κ1) is 4.99. The van der Waals surface area contributed by atoms with Crippen LogP contribution in [0.25, 0.3) is 0 Å². The first-order valence-corrected chi connectivity index (χ1v) is 4.01. The molecule has 1 heterocycles. The van der Waals surface area contributed by atoms with Gasteiger partial charge >= 0.3 is 7.80 Å². The van der Waals surface area contributed by atoms with Crippen LogP contribution in [-0.4, -0.2) is 6.16 Å². The van der Waals surface area contributed by atoms with E-state index in [9.17, 15) is 4.57 Å². The van der Waals surface area contributed by atoms with E-state index in [1.807, 2.05) is 11.9 Å². The minimum Gasteiger partial charge on any atom is -0.0688 e. The van der Waals surface area contributed by atoms with Crippen LogP contribution in [-0.2, 0) is 4.57 Å². The molecule has 0 aromatic rings. The Kier molecular flexibility index (Phi) is 1.59. The van der Waals surface area contributed by atoms with Gasteiger partial charge in [-0.05, 0) is 18.9 Å². The van der Waals surface area contributed by atoms with E-state index in [0.29, 0.717) is 0 Å². The third kappa shape index (κ3) is 1.40. The van der Waals surface area contributed by atoms with Crippen LogP contribution in [0.4, 0.5) is 0 Å². The lowest BCUT2D eigenvalue weighted by molar-refractivity contribution is 0.590. The molecular formula is C5H8OP+. The Bertz CT molecular complexity index is 107. The summed E-state index contributed by atoms with van der Waals surface area (Å²) in [5, 5.41) is 0. The van der Waals surface area contributed by atoms with Gasteiger partial charge in [0.1, 0.15) is 0 Å². The fourth-order valence-electron chi connectivity index (χ4n) is 0.632. The van der Waals surface area contributed by atoms with E-state index in [1.54, 1.807) is 0 Å². The summed E-state index contributed by atoms with van der Waals surface area (Å²) < 4.78 is 10.5. The Hall–Kier alpha value is -0.160. The van der Waals surface area contributed by atoms with Gasteiger partial charge < -0.3 is 0 Å². The van der Waals surface area contributed by atoms with Gasteiger partial charge in [-0.25, -0.2) is 0 Å². The molecule has 0 radical (unpaired) electrons. The van der Waals surface area contributed by atoms with E-state index in [-0.39, 0.29) is 0 Å². The van der Waals surface area contributed by atoms with E-state index in [1.165, 1.54) is 0 Å². The van der Waals surface area contributed by atoms with E-state index < -0.39 is 7.80 Å². The van der Waals surface area contributed by atoms with Crippen molar-refractivity contribution in [2.75, 3.05) is 6.16 Å². The van der Waals surface area contributed by atoms with Crippen LogP contribution >= 0.6 is 7.80 Å². The zero-order valence-electron chi connectivity index (χ0n) is 4.13. The molecule has 7 heavy (non-hydrogen) atoms. The molecule has 0 spiro atoms. The summed E-state index contributed by atoms with van der Waals surface area (Å²) in [4.78, 5) is 0. The molecule has 0 fully saturated rings. The maximum Gasteiger partial charge on any atom is 0.368 e. The van der Waals surface area contributed by atoms with Crippen LogP contribution in [0.3, 0.4) is 0 Å². The molecular weight excluding hydrogens is 107 g/mol. The largest absolute Gasteiger partial charge is 0.368 e. The standard InChI is InChI=1S/C5H8OP/c6-7-4-2-1-3-5-7/h2,4H,1,3,5H2/q+1. The third-order valence-corrected chi connectivity index (χ3v) is 2.32. The molecule has 0 N–H and O–H groups in total. The minimum absolute atomic E-state index is 0.909. The second-order valence-corrected chi connectivity index (χ2v) is 3.25. The molecule has 1 aliphatic rings. The van der Waals surface area contributed by atoms with Gasteiger partial charge in [0.05, 0.1) is 0 Å². The second kappa shape index (κ2) is 2.23. The molecule has 0 saturated heterocycles. The Labute approximate surface area is 44.2 Å². The fraction of sp³-hybridized carbons (Fsp3) is 0.600. The van der Waals surface area contributed by atoms with Crippen LogP contribution in [0.15, 0.2) is 11.9 Å². The molecule has 0 aromatic carbocycles. The highest BCUT2D eigenvalue weighted by molar-refractivity contribution is 7.48. The highest BCUT2D eigenvalue weighted by Crippen LogP contribution is 2.27. The molecule has 0 amide bonds. The number of allylic oxidation sites excluding steroid dienone is 1. The summed E-state index contributed by atoms with van der Waals surface area (Å²) in [7, 11) is -0.922. The average molecular weight is 115 g/mol. The summed E-state index contributed by atoms with van der Waals surface area (Å²) in [6, 6.07) is 0. The third-order valence-electron chi connectivity index (χ3n) is 1.02. The van der Waals surface area contributed by atoms with Crippen molar-refractivity contribution in [2.45, 2.75) is 12.8 Å². The predicted molar refractivity (Wildman–Crippen MR) is 30.8 cm³/mol. The van der Waals surface area contributed by atoms with Crippen molar-refractivity contribution in [1.29, 1.82) is 0 Å². The topological polar surface area (TPSA) is 17.1 Å². The molecule has 1 aliphatic heterocycles. The smallest absolute Gasteiger partial charge is 0.0688 e. The number of rotatable bonds is 0. The molecule has 2 heteroatoms. The quantitative estimate of drug-likeness (QED) is 0.442. The summed E-state index contributed by atoms with van der Waals surface area (Å²) in [5.74, 6) is 1.82. The summed E-state index contributed by atoms with van der Waals surface area (Å²) >= 11 is 0. The lowest BCUT2D eigenvalue weighted by atomic mass is 10.3. The van der Waals surface area contributed by atoms with E-state index >= 15 is 0 Å². The maximum atomic E-state index is 10.5. The van der Waals surface area contributed by atoms with Crippen molar-refractivity contribution < 1.29 is 4.57 Å². The van der Waals surface area contributed by atoms with Gasteiger partial charge in [0, 0.05) is 0 Å². The first-order valence-electron chi connectivity index (χ1n) is 2.50. The SMILES string of the molecule is O=[P+]1C=CCCC1. The number of hydrogen-bond acceptors (Lipinski definition) is 1. The van der Waals surface area contributed by atoms with Crippen molar-refractivity contribution >= 4 is 7.80 Å². The Morgan fingerprint density at radius 1 is 1.57 bits per heavy atom. The van der Waals surface area contributed by atoms with Crippen molar-refractivity contribution in [3.05, 3.63) is 11.9 Å².